The van der Waals surface area contributed by atoms with Crippen molar-refractivity contribution >= 4 is 0 Å². The van der Waals surface area contributed by atoms with Crippen molar-refractivity contribution in [3.8, 4) is 0 Å². The molecule has 1 saturated heterocycles. The predicted molar refractivity (Wildman–Crippen MR) is 40.5 cm³/mol. The Morgan fingerprint density at radius 2 is 1.56 bits per heavy atom. The Morgan fingerprint density at radius 3 is 1.67 bits per heavy atom. The standard InChI is InChI=1S/C6H11N.C2H6/c1-7-4-6(5-7)2-3-6;1-2/h2-5H2,1H3;1-2H3. The zero-order valence-corrected chi connectivity index (χ0v) is 6.78. The van der Waals surface area contributed by atoms with Crippen LogP contribution in [0.3, 0.4) is 0 Å². The number of nitrogens with zero attached hydrogens (tertiary/aromatic N) is 1. The molecule has 0 aromatic heterocycles. The second-order valence-electron chi connectivity index (χ2n) is 3.17. The third-order valence-corrected chi connectivity index (χ3v) is 2.17. The second kappa shape index (κ2) is 2.30. The number of hydrogen-bond acceptors (Lipinski definition) is 1. The SMILES string of the molecule is CC.CN1CC2(CC2)C1. The molecule has 9 heavy (non-hydrogen) atoms. The Bertz CT molecular complexity index is 86.7. The normalized spacial score (nSPS) is 28.3. The third kappa shape index (κ3) is 1.26. The number of rotatable bonds is 0. The average Bonchev–Trinajstić information content (AvgIpc) is 2.52. The fourth-order valence-electron chi connectivity index (χ4n) is 1.59. The summed E-state index contributed by atoms with van der Waals surface area (Å²) < 4.78 is 0. The van der Waals surface area contributed by atoms with Gasteiger partial charge in [-0.15, -0.1) is 0 Å². The van der Waals surface area contributed by atoms with E-state index in [1.807, 2.05) is 13.8 Å². The lowest BCUT2D eigenvalue weighted by atomic mass is 9.98. The van der Waals surface area contributed by atoms with Gasteiger partial charge in [0.05, 0.1) is 0 Å². The summed E-state index contributed by atoms with van der Waals surface area (Å²) in [6.45, 7) is 6.76. The predicted octanol–water partition coefficient (Wildman–Crippen LogP) is 1.74. The average molecular weight is 127 g/mol. The van der Waals surface area contributed by atoms with Gasteiger partial charge in [0.1, 0.15) is 0 Å². The Hall–Kier alpha value is -0.0400. The first-order valence-corrected chi connectivity index (χ1v) is 3.99. The van der Waals surface area contributed by atoms with Crippen LogP contribution in [0.1, 0.15) is 26.7 Å². The molecule has 1 aliphatic heterocycles. The molecule has 0 radical (unpaired) electrons. The van der Waals surface area contributed by atoms with Crippen molar-refractivity contribution < 1.29 is 0 Å². The zero-order valence-electron chi connectivity index (χ0n) is 6.78. The van der Waals surface area contributed by atoms with E-state index in [2.05, 4.69) is 11.9 Å². The van der Waals surface area contributed by atoms with Crippen LogP contribution < -0.4 is 0 Å². The molecule has 0 aromatic carbocycles. The van der Waals surface area contributed by atoms with Crippen molar-refractivity contribution in [3.63, 3.8) is 0 Å². The smallest absolute Gasteiger partial charge is 0.00474 e. The highest BCUT2D eigenvalue weighted by Gasteiger charge is 2.50. The van der Waals surface area contributed by atoms with E-state index in [9.17, 15) is 0 Å². The highest BCUT2D eigenvalue weighted by Crippen LogP contribution is 2.51. The number of hydrogen-bond donors (Lipinski definition) is 0. The molecule has 2 rings (SSSR count). The first-order chi connectivity index (χ1) is 4.31. The van der Waals surface area contributed by atoms with E-state index < -0.39 is 0 Å². The lowest BCUT2D eigenvalue weighted by Crippen LogP contribution is -2.45. The van der Waals surface area contributed by atoms with E-state index in [-0.39, 0.29) is 0 Å². The fraction of sp³-hybridized carbons (Fsp3) is 1.00. The van der Waals surface area contributed by atoms with E-state index in [1.54, 1.807) is 0 Å². The molecular formula is C8H17N. The molecule has 0 unspecified atom stereocenters. The summed E-state index contributed by atoms with van der Waals surface area (Å²) in [4.78, 5) is 2.40. The van der Waals surface area contributed by atoms with Gasteiger partial charge in [-0.05, 0) is 25.3 Å². The van der Waals surface area contributed by atoms with Gasteiger partial charge in [-0.25, -0.2) is 0 Å². The summed E-state index contributed by atoms with van der Waals surface area (Å²) in [5.74, 6) is 0. The summed E-state index contributed by atoms with van der Waals surface area (Å²) in [6, 6.07) is 0. The summed E-state index contributed by atoms with van der Waals surface area (Å²) in [5.41, 5.74) is 0.870. The van der Waals surface area contributed by atoms with Crippen LogP contribution in [-0.2, 0) is 0 Å². The molecule has 1 saturated carbocycles. The van der Waals surface area contributed by atoms with Gasteiger partial charge < -0.3 is 4.90 Å². The van der Waals surface area contributed by atoms with Crippen molar-refractivity contribution in [1.82, 2.24) is 4.90 Å². The van der Waals surface area contributed by atoms with Crippen molar-refractivity contribution in [2.75, 3.05) is 20.1 Å². The first kappa shape index (κ1) is 7.07. The molecule has 2 aliphatic rings. The molecule has 1 heterocycles. The van der Waals surface area contributed by atoms with Gasteiger partial charge in [0.2, 0.25) is 0 Å². The van der Waals surface area contributed by atoms with E-state index in [0.29, 0.717) is 0 Å². The molecule has 0 atom stereocenters. The summed E-state index contributed by atoms with van der Waals surface area (Å²) >= 11 is 0. The van der Waals surface area contributed by atoms with Crippen LogP contribution in [0.2, 0.25) is 0 Å². The molecule has 1 heteroatoms. The van der Waals surface area contributed by atoms with Crippen molar-refractivity contribution in [2.45, 2.75) is 26.7 Å². The summed E-state index contributed by atoms with van der Waals surface area (Å²) in [6.07, 6.45) is 3.02. The lowest BCUT2D eigenvalue weighted by Gasteiger charge is -2.36. The van der Waals surface area contributed by atoms with Crippen LogP contribution in [0.25, 0.3) is 0 Å². The third-order valence-electron chi connectivity index (χ3n) is 2.17. The van der Waals surface area contributed by atoms with E-state index in [4.69, 9.17) is 0 Å². The Morgan fingerprint density at radius 1 is 1.11 bits per heavy atom. The largest absolute Gasteiger partial charge is 0.305 e. The molecule has 0 aromatic rings. The van der Waals surface area contributed by atoms with Gasteiger partial charge in [0, 0.05) is 13.1 Å². The number of likely N-dealkylation sites (tertiary alicyclic amines) is 1. The summed E-state index contributed by atoms with van der Waals surface area (Å²) in [7, 11) is 2.20. The van der Waals surface area contributed by atoms with Gasteiger partial charge in [-0.1, -0.05) is 13.8 Å². The zero-order chi connectivity index (χ0) is 6.91. The molecule has 0 N–H and O–H groups in total. The summed E-state index contributed by atoms with van der Waals surface area (Å²) in [5, 5.41) is 0. The minimum Gasteiger partial charge on any atom is -0.305 e. The van der Waals surface area contributed by atoms with Crippen LogP contribution in [0, 0.1) is 5.41 Å². The fourth-order valence-corrected chi connectivity index (χ4v) is 1.59. The Balaban J connectivity index is 0.000000186. The van der Waals surface area contributed by atoms with E-state index >= 15 is 0 Å². The van der Waals surface area contributed by atoms with Gasteiger partial charge in [0.15, 0.2) is 0 Å². The van der Waals surface area contributed by atoms with Gasteiger partial charge in [-0.2, -0.15) is 0 Å². The van der Waals surface area contributed by atoms with Gasteiger partial charge >= 0.3 is 0 Å². The van der Waals surface area contributed by atoms with Crippen LogP contribution in [0.4, 0.5) is 0 Å². The van der Waals surface area contributed by atoms with Crippen LogP contribution in [0.5, 0.6) is 0 Å². The highest BCUT2D eigenvalue weighted by atomic mass is 15.2. The minimum absolute atomic E-state index is 0.870. The van der Waals surface area contributed by atoms with Crippen molar-refractivity contribution in [2.24, 2.45) is 5.41 Å². The molecule has 1 nitrogen and oxygen atoms in total. The second-order valence-corrected chi connectivity index (χ2v) is 3.17. The minimum atomic E-state index is 0.870. The quantitative estimate of drug-likeness (QED) is 0.479. The first-order valence-electron chi connectivity index (χ1n) is 3.99. The molecule has 0 amide bonds. The van der Waals surface area contributed by atoms with Crippen LogP contribution >= 0.6 is 0 Å². The van der Waals surface area contributed by atoms with Crippen molar-refractivity contribution in [3.05, 3.63) is 0 Å². The maximum atomic E-state index is 2.40. The highest BCUT2D eigenvalue weighted by molar-refractivity contribution is 5.03. The van der Waals surface area contributed by atoms with Gasteiger partial charge in [0.25, 0.3) is 0 Å². The topological polar surface area (TPSA) is 3.24 Å². The van der Waals surface area contributed by atoms with E-state index in [1.165, 1.54) is 25.9 Å². The molecule has 0 bridgehead atoms. The molecule has 2 fully saturated rings. The van der Waals surface area contributed by atoms with Crippen LogP contribution in [-0.4, -0.2) is 25.0 Å². The van der Waals surface area contributed by atoms with Gasteiger partial charge in [-0.3, -0.25) is 0 Å². The monoisotopic (exact) mass is 127 g/mol. The van der Waals surface area contributed by atoms with E-state index in [0.717, 1.165) is 5.41 Å². The molecule has 1 spiro atoms. The lowest BCUT2D eigenvalue weighted by molar-refractivity contribution is 0.114. The Labute approximate surface area is 58.0 Å². The van der Waals surface area contributed by atoms with Crippen LogP contribution in [0.15, 0.2) is 0 Å². The molecule has 54 valence electrons. The molecular weight excluding hydrogens is 110 g/mol. The van der Waals surface area contributed by atoms with Crippen molar-refractivity contribution in [1.29, 1.82) is 0 Å². The molecule has 1 aliphatic carbocycles. The maximum Gasteiger partial charge on any atom is 0.00474 e. The maximum absolute atomic E-state index is 2.40. The Kier molecular flexibility index (Phi) is 1.80.